The molecule has 164 valence electrons. The zero-order valence-electron chi connectivity index (χ0n) is 17.7. The zero-order valence-corrected chi connectivity index (χ0v) is 21.4. The van der Waals surface area contributed by atoms with Gasteiger partial charge in [0.05, 0.1) is 15.7 Å². The molecule has 1 heterocycles. The van der Waals surface area contributed by atoms with Gasteiger partial charge in [0.1, 0.15) is 6.61 Å². The van der Waals surface area contributed by atoms with Crippen molar-refractivity contribution in [2.24, 2.45) is 5.92 Å². The van der Waals surface area contributed by atoms with E-state index < -0.39 is 0 Å². The van der Waals surface area contributed by atoms with Gasteiger partial charge >= 0.3 is 0 Å². The van der Waals surface area contributed by atoms with E-state index in [1.165, 1.54) is 0 Å². The van der Waals surface area contributed by atoms with Crippen LogP contribution in [0, 0.1) is 9.49 Å². The number of nitrogens with zero attached hydrogens (tertiary/aromatic N) is 1. The van der Waals surface area contributed by atoms with Crippen LogP contribution in [-0.2, 0) is 11.4 Å². The maximum absolute atomic E-state index is 13.2. The number of carbonyl (C=O) groups is 1. The van der Waals surface area contributed by atoms with E-state index in [4.69, 9.17) is 27.9 Å². The highest BCUT2D eigenvalue weighted by Crippen LogP contribution is 2.40. The summed E-state index contributed by atoms with van der Waals surface area (Å²) < 4.78 is 7.06. The summed E-state index contributed by atoms with van der Waals surface area (Å²) in [5, 5.41) is 0.820. The van der Waals surface area contributed by atoms with E-state index in [0.29, 0.717) is 40.4 Å². The molecule has 0 radical (unpaired) electrons. The number of anilines is 1. The molecule has 32 heavy (non-hydrogen) atoms. The van der Waals surface area contributed by atoms with Crippen molar-refractivity contribution in [1.82, 2.24) is 0 Å². The van der Waals surface area contributed by atoms with Crippen LogP contribution in [0.25, 0.3) is 11.6 Å². The molecule has 0 saturated heterocycles. The summed E-state index contributed by atoms with van der Waals surface area (Å²) in [4.78, 5) is 15.0. The van der Waals surface area contributed by atoms with E-state index in [9.17, 15) is 4.79 Å². The molecule has 1 amide bonds. The molecule has 0 bridgehead atoms. The number of para-hydroxylation sites is 1. The van der Waals surface area contributed by atoms with Crippen molar-refractivity contribution in [1.29, 1.82) is 0 Å². The lowest BCUT2D eigenvalue weighted by Crippen LogP contribution is -2.30. The molecule has 0 unspecified atom stereocenters. The fourth-order valence-electron chi connectivity index (χ4n) is 3.70. The summed E-state index contributed by atoms with van der Waals surface area (Å²) in [6, 6.07) is 19.5. The topological polar surface area (TPSA) is 29.5 Å². The van der Waals surface area contributed by atoms with Gasteiger partial charge in [-0.2, -0.15) is 0 Å². The first-order valence-corrected chi connectivity index (χ1v) is 12.2. The Morgan fingerprint density at radius 2 is 1.69 bits per heavy atom. The maximum atomic E-state index is 13.2. The Labute approximate surface area is 212 Å². The van der Waals surface area contributed by atoms with Crippen LogP contribution in [0.4, 0.5) is 5.69 Å². The third-order valence-corrected chi connectivity index (χ3v) is 6.42. The van der Waals surface area contributed by atoms with Gasteiger partial charge in [-0.1, -0.05) is 67.4 Å². The van der Waals surface area contributed by atoms with Crippen LogP contribution in [0.5, 0.6) is 5.75 Å². The molecule has 0 spiro atoms. The van der Waals surface area contributed by atoms with Crippen molar-refractivity contribution in [2.45, 2.75) is 20.5 Å². The Morgan fingerprint density at radius 1 is 1.03 bits per heavy atom. The second-order valence-electron chi connectivity index (χ2n) is 8.11. The summed E-state index contributed by atoms with van der Waals surface area (Å²) >= 11 is 15.3. The van der Waals surface area contributed by atoms with Crippen LogP contribution < -0.4 is 9.64 Å². The Kier molecular flexibility index (Phi) is 7.13. The molecule has 3 aromatic carbocycles. The SMILES string of the molecule is CC(C)CN1C(=O)/C(=C\c2cc(Cl)c(OCc3ccc(I)cc3)c(Cl)c2)c2ccccc21. The molecule has 4 rings (SSSR count). The van der Waals surface area contributed by atoms with Gasteiger partial charge in [-0.05, 0) is 76.0 Å². The van der Waals surface area contributed by atoms with Gasteiger partial charge in [0, 0.05) is 21.3 Å². The smallest absolute Gasteiger partial charge is 0.259 e. The van der Waals surface area contributed by atoms with Gasteiger partial charge in [-0.25, -0.2) is 0 Å². The number of fused-ring (bicyclic) bond motifs is 1. The minimum absolute atomic E-state index is 0.00817. The molecule has 3 aromatic rings. The monoisotopic (exact) mass is 577 g/mol. The minimum atomic E-state index is -0.00817. The normalized spacial score (nSPS) is 14.4. The van der Waals surface area contributed by atoms with Crippen LogP contribution in [-0.4, -0.2) is 12.5 Å². The molecular formula is C26H22Cl2INO2. The highest BCUT2D eigenvalue weighted by molar-refractivity contribution is 14.1. The Bertz CT molecular complexity index is 1170. The van der Waals surface area contributed by atoms with Gasteiger partial charge in [0.2, 0.25) is 0 Å². The van der Waals surface area contributed by atoms with E-state index in [0.717, 1.165) is 25.9 Å². The standard InChI is InChI=1S/C26H22Cl2INO2/c1-16(2)14-30-24-6-4-3-5-20(24)21(26(30)31)11-18-12-22(27)25(23(28)13-18)32-15-17-7-9-19(29)10-8-17/h3-13,16H,14-15H2,1-2H3/b21-11-. The number of ether oxygens (including phenoxy) is 1. The van der Waals surface area contributed by atoms with Crippen LogP contribution in [0.2, 0.25) is 10.0 Å². The van der Waals surface area contributed by atoms with E-state index in [1.54, 1.807) is 12.1 Å². The summed E-state index contributed by atoms with van der Waals surface area (Å²) in [7, 11) is 0. The highest BCUT2D eigenvalue weighted by atomic mass is 127. The number of benzene rings is 3. The van der Waals surface area contributed by atoms with Crippen molar-refractivity contribution >= 4 is 69.0 Å². The molecule has 1 aliphatic rings. The molecule has 3 nitrogen and oxygen atoms in total. The van der Waals surface area contributed by atoms with Crippen molar-refractivity contribution in [2.75, 3.05) is 11.4 Å². The van der Waals surface area contributed by atoms with E-state index >= 15 is 0 Å². The van der Waals surface area contributed by atoms with Crippen LogP contribution in [0.15, 0.2) is 60.7 Å². The van der Waals surface area contributed by atoms with Gasteiger partial charge in [-0.15, -0.1) is 0 Å². The Hall–Kier alpha value is -2.02. The molecule has 0 N–H and O–H groups in total. The summed E-state index contributed by atoms with van der Waals surface area (Å²) in [6.45, 7) is 5.24. The van der Waals surface area contributed by atoms with Crippen molar-refractivity contribution < 1.29 is 9.53 Å². The Morgan fingerprint density at radius 3 is 2.34 bits per heavy atom. The first-order valence-electron chi connectivity index (χ1n) is 10.3. The zero-order chi connectivity index (χ0) is 22.8. The molecule has 0 atom stereocenters. The van der Waals surface area contributed by atoms with Gasteiger partial charge in [-0.3, -0.25) is 4.79 Å². The van der Waals surface area contributed by atoms with Crippen molar-refractivity contribution in [3.05, 3.63) is 91.0 Å². The largest absolute Gasteiger partial charge is 0.486 e. The lowest BCUT2D eigenvalue weighted by Gasteiger charge is -2.19. The predicted molar refractivity (Wildman–Crippen MR) is 141 cm³/mol. The minimum Gasteiger partial charge on any atom is -0.486 e. The van der Waals surface area contributed by atoms with Gasteiger partial charge < -0.3 is 9.64 Å². The third kappa shape index (κ3) is 4.98. The lowest BCUT2D eigenvalue weighted by molar-refractivity contribution is -0.113. The van der Waals surface area contributed by atoms with Crippen molar-refractivity contribution in [3.63, 3.8) is 0 Å². The number of hydrogen-bond acceptors (Lipinski definition) is 2. The third-order valence-electron chi connectivity index (χ3n) is 5.14. The summed E-state index contributed by atoms with van der Waals surface area (Å²) in [5.41, 5.74) is 4.28. The highest BCUT2D eigenvalue weighted by Gasteiger charge is 2.32. The first kappa shape index (κ1) is 23.1. The summed E-state index contributed by atoms with van der Waals surface area (Å²) in [6.07, 6.45) is 1.85. The number of hydrogen-bond donors (Lipinski definition) is 0. The molecule has 1 aliphatic heterocycles. The number of halogens is 3. The van der Waals surface area contributed by atoms with Crippen molar-refractivity contribution in [3.8, 4) is 5.75 Å². The van der Waals surface area contributed by atoms with E-state index in [1.807, 2.05) is 59.5 Å². The molecule has 0 saturated carbocycles. The molecule has 0 aromatic heterocycles. The van der Waals surface area contributed by atoms with E-state index in [-0.39, 0.29) is 5.91 Å². The first-order chi connectivity index (χ1) is 15.3. The van der Waals surface area contributed by atoms with Gasteiger partial charge in [0.25, 0.3) is 5.91 Å². The van der Waals surface area contributed by atoms with E-state index in [2.05, 4.69) is 36.4 Å². The lowest BCUT2D eigenvalue weighted by atomic mass is 10.0. The maximum Gasteiger partial charge on any atom is 0.259 e. The second-order valence-corrected chi connectivity index (χ2v) is 10.2. The number of amides is 1. The fraction of sp³-hybridized carbons (Fsp3) is 0.192. The molecular weight excluding hydrogens is 556 g/mol. The number of carbonyl (C=O) groups excluding carboxylic acids is 1. The average molecular weight is 578 g/mol. The summed E-state index contributed by atoms with van der Waals surface area (Å²) in [5.74, 6) is 0.791. The fourth-order valence-corrected chi connectivity index (χ4v) is 4.67. The Balaban J connectivity index is 1.62. The van der Waals surface area contributed by atoms with Crippen LogP contribution in [0.3, 0.4) is 0 Å². The molecule has 6 heteroatoms. The van der Waals surface area contributed by atoms with Crippen LogP contribution in [0.1, 0.15) is 30.5 Å². The second kappa shape index (κ2) is 9.86. The number of rotatable bonds is 6. The molecule has 0 aliphatic carbocycles. The van der Waals surface area contributed by atoms with Crippen LogP contribution >= 0.6 is 45.8 Å². The molecule has 0 fully saturated rings. The quantitative estimate of drug-likeness (QED) is 0.222. The average Bonchev–Trinajstić information content (AvgIpc) is 3.00. The van der Waals surface area contributed by atoms with Gasteiger partial charge in [0.15, 0.2) is 5.75 Å². The predicted octanol–water partition coefficient (Wildman–Crippen LogP) is 7.72.